The fourth-order valence-corrected chi connectivity index (χ4v) is 2.24. The highest BCUT2D eigenvalue weighted by Gasteiger charge is 2.31. The highest BCUT2D eigenvalue weighted by molar-refractivity contribution is 5.87. The smallest absolute Gasteiger partial charge is 0.356 e. The highest BCUT2D eigenvalue weighted by atomic mass is 16.4. The Morgan fingerprint density at radius 3 is 2.67 bits per heavy atom. The van der Waals surface area contributed by atoms with Gasteiger partial charge < -0.3 is 9.67 Å². The summed E-state index contributed by atoms with van der Waals surface area (Å²) in [6, 6.07) is 0. The van der Waals surface area contributed by atoms with Crippen LogP contribution in [0.3, 0.4) is 0 Å². The third-order valence-electron chi connectivity index (χ3n) is 2.74. The number of rotatable bonds is 1. The molecule has 0 atom stereocenters. The van der Waals surface area contributed by atoms with Crippen LogP contribution in [0.25, 0.3) is 0 Å². The molecule has 1 aliphatic rings. The lowest BCUT2D eigenvalue weighted by Crippen LogP contribution is -2.20. The fourth-order valence-electron chi connectivity index (χ4n) is 2.24. The number of aryl methyl sites for hydroxylation is 1. The summed E-state index contributed by atoms with van der Waals surface area (Å²) in [4.78, 5) is 15.3. The molecule has 0 amide bonds. The van der Waals surface area contributed by atoms with Crippen LogP contribution in [-0.2, 0) is 18.4 Å². The molecular weight excluding hydrogens is 192 g/mol. The second-order valence-corrected chi connectivity index (χ2v) is 5.04. The molecule has 0 unspecified atom stereocenters. The lowest BCUT2D eigenvalue weighted by molar-refractivity contribution is 0.0687. The Balaban J connectivity index is 2.63. The average Bonchev–Trinajstić information content (AvgIpc) is 2.56. The first-order chi connectivity index (χ1) is 6.91. The topological polar surface area (TPSA) is 55.1 Å². The Labute approximate surface area is 88.9 Å². The SMILES string of the molecule is CC(C)(C)c1c(C(=O)O)nc2n1CCC2. The van der Waals surface area contributed by atoms with Crippen molar-refractivity contribution in [1.29, 1.82) is 0 Å². The van der Waals surface area contributed by atoms with Gasteiger partial charge in [-0.25, -0.2) is 9.78 Å². The lowest BCUT2D eigenvalue weighted by Gasteiger charge is -2.20. The Bertz CT molecular complexity index is 413. The summed E-state index contributed by atoms with van der Waals surface area (Å²) >= 11 is 0. The number of carbonyl (C=O) groups is 1. The summed E-state index contributed by atoms with van der Waals surface area (Å²) in [5.41, 5.74) is 0.934. The van der Waals surface area contributed by atoms with Crippen molar-refractivity contribution in [2.24, 2.45) is 0 Å². The second kappa shape index (κ2) is 3.08. The molecule has 1 aliphatic heterocycles. The molecule has 82 valence electrons. The van der Waals surface area contributed by atoms with Crippen molar-refractivity contribution in [2.45, 2.75) is 45.6 Å². The molecule has 0 bridgehead atoms. The van der Waals surface area contributed by atoms with Gasteiger partial charge in [-0.15, -0.1) is 0 Å². The first kappa shape index (κ1) is 10.2. The number of nitrogens with zero attached hydrogens (tertiary/aromatic N) is 2. The molecule has 2 heterocycles. The molecule has 4 nitrogen and oxygen atoms in total. The third kappa shape index (κ3) is 1.54. The van der Waals surface area contributed by atoms with Crippen LogP contribution < -0.4 is 0 Å². The van der Waals surface area contributed by atoms with Crippen LogP contribution in [0.4, 0.5) is 0 Å². The van der Waals surface area contributed by atoms with Crippen molar-refractivity contribution in [2.75, 3.05) is 0 Å². The number of imidazole rings is 1. The number of hydrogen-bond donors (Lipinski definition) is 1. The van der Waals surface area contributed by atoms with E-state index >= 15 is 0 Å². The predicted octanol–water partition coefficient (Wildman–Crippen LogP) is 1.82. The monoisotopic (exact) mass is 208 g/mol. The zero-order valence-corrected chi connectivity index (χ0v) is 9.37. The number of carboxylic acids is 1. The summed E-state index contributed by atoms with van der Waals surface area (Å²) < 4.78 is 2.07. The summed E-state index contributed by atoms with van der Waals surface area (Å²) in [6.45, 7) is 6.99. The van der Waals surface area contributed by atoms with E-state index in [1.807, 2.05) is 20.8 Å². The minimum absolute atomic E-state index is 0.163. The minimum Gasteiger partial charge on any atom is -0.476 e. The van der Waals surface area contributed by atoms with Gasteiger partial charge in [-0.2, -0.15) is 0 Å². The molecule has 0 aromatic carbocycles. The molecule has 1 aromatic heterocycles. The van der Waals surface area contributed by atoms with Crippen LogP contribution in [0.5, 0.6) is 0 Å². The van der Waals surface area contributed by atoms with Crippen LogP contribution in [0.1, 0.15) is 49.2 Å². The van der Waals surface area contributed by atoms with Crippen molar-refractivity contribution >= 4 is 5.97 Å². The first-order valence-corrected chi connectivity index (χ1v) is 5.24. The minimum atomic E-state index is -0.915. The summed E-state index contributed by atoms with van der Waals surface area (Å²) in [6.07, 6.45) is 1.97. The number of aromatic nitrogens is 2. The van der Waals surface area contributed by atoms with Gasteiger partial charge in [-0.1, -0.05) is 20.8 Å². The van der Waals surface area contributed by atoms with Gasteiger partial charge in [0.1, 0.15) is 5.82 Å². The van der Waals surface area contributed by atoms with Crippen molar-refractivity contribution in [1.82, 2.24) is 9.55 Å². The van der Waals surface area contributed by atoms with Gasteiger partial charge in [0.25, 0.3) is 0 Å². The van der Waals surface area contributed by atoms with E-state index in [9.17, 15) is 4.79 Å². The molecule has 1 aromatic rings. The van der Waals surface area contributed by atoms with E-state index in [1.165, 1.54) is 0 Å². The average molecular weight is 208 g/mol. The van der Waals surface area contributed by atoms with E-state index in [-0.39, 0.29) is 11.1 Å². The molecule has 0 saturated heterocycles. The van der Waals surface area contributed by atoms with Crippen molar-refractivity contribution in [3.05, 3.63) is 17.2 Å². The molecule has 2 rings (SSSR count). The molecule has 4 heteroatoms. The second-order valence-electron chi connectivity index (χ2n) is 5.04. The Hall–Kier alpha value is -1.32. The van der Waals surface area contributed by atoms with E-state index < -0.39 is 5.97 Å². The summed E-state index contributed by atoms with van der Waals surface area (Å²) in [7, 11) is 0. The van der Waals surface area contributed by atoms with Gasteiger partial charge in [0.15, 0.2) is 5.69 Å². The van der Waals surface area contributed by atoms with E-state index in [4.69, 9.17) is 5.11 Å². The van der Waals surface area contributed by atoms with Crippen LogP contribution in [-0.4, -0.2) is 20.6 Å². The van der Waals surface area contributed by atoms with Crippen molar-refractivity contribution in [3.63, 3.8) is 0 Å². The predicted molar refractivity (Wildman–Crippen MR) is 56.2 cm³/mol. The molecule has 0 aliphatic carbocycles. The fraction of sp³-hybridized carbons (Fsp3) is 0.636. The van der Waals surface area contributed by atoms with Crippen LogP contribution >= 0.6 is 0 Å². The van der Waals surface area contributed by atoms with Crippen molar-refractivity contribution < 1.29 is 9.90 Å². The van der Waals surface area contributed by atoms with E-state index in [2.05, 4.69) is 9.55 Å². The number of aromatic carboxylic acids is 1. The van der Waals surface area contributed by atoms with Crippen molar-refractivity contribution in [3.8, 4) is 0 Å². The third-order valence-corrected chi connectivity index (χ3v) is 2.74. The standard InChI is InChI=1S/C11H16N2O2/c1-11(2,3)9-8(10(14)15)12-7-5-4-6-13(7)9/h4-6H2,1-3H3,(H,14,15). The maximum atomic E-state index is 11.1. The zero-order valence-electron chi connectivity index (χ0n) is 9.37. The molecule has 1 N–H and O–H groups in total. The summed E-state index contributed by atoms with van der Waals surface area (Å²) in [5, 5.41) is 9.11. The van der Waals surface area contributed by atoms with Crippen LogP contribution in [0.15, 0.2) is 0 Å². The molecule has 0 fully saturated rings. The number of hydrogen-bond acceptors (Lipinski definition) is 2. The van der Waals surface area contributed by atoms with Gasteiger partial charge in [0, 0.05) is 18.4 Å². The largest absolute Gasteiger partial charge is 0.476 e. The van der Waals surface area contributed by atoms with E-state index in [0.717, 1.165) is 30.9 Å². The van der Waals surface area contributed by atoms with Gasteiger partial charge in [0.2, 0.25) is 0 Å². The first-order valence-electron chi connectivity index (χ1n) is 5.24. The zero-order chi connectivity index (χ0) is 11.2. The summed E-state index contributed by atoms with van der Waals surface area (Å²) in [5.74, 6) is 0.0131. The Morgan fingerprint density at radius 1 is 1.47 bits per heavy atom. The van der Waals surface area contributed by atoms with Gasteiger partial charge in [-0.3, -0.25) is 0 Å². The number of carboxylic acid groups (broad SMARTS) is 1. The maximum Gasteiger partial charge on any atom is 0.356 e. The quantitative estimate of drug-likeness (QED) is 0.766. The van der Waals surface area contributed by atoms with Gasteiger partial charge >= 0.3 is 5.97 Å². The lowest BCUT2D eigenvalue weighted by atomic mass is 9.90. The van der Waals surface area contributed by atoms with Crippen LogP contribution in [0, 0.1) is 0 Å². The maximum absolute atomic E-state index is 11.1. The molecule has 15 heavy (non-hydrogen) atoms. The van der Waals surface area contributed by atoms with E-state index in [0.29, 0.717) is 0 Å². The molecule has 0 saturated carbocycles. The Kier molecular flexibility index (Phi) is 2.10. The normalized spacial score (nSPS) is 15.4. The molecule has 0 spiro atoms. The van der Waals surface area contributed by atoms with Gasteiger partial charge in [0.05, 0.1) is 5.69 Å². The highest BCUT2D eigenvalue weighted by Crippen LogP contribution is 2.30. The van der Waals surface area contributed by atoms with Crippen LogP contribution in [0.2, 0.25) is 0 Å². The van der Waals surface area contributed by atoms with Gasteiger partial charge in [-0.05, 0) is 6.42 Å². The Morgan fingerprint density at radius 2 is 2.13 bits per heavy atom. The molecule has 0 radical (unpaired) electrons. The van der Waals surface area contributed by atoms with E-state index in [1.54, 1.807) is 0 Å². The number of fused-ring (bicyclic) bond motifs is 1. The molecular formula is C11H16N2O2.